The van der Waals surface area contributed by atoms with Crippen molar-refractivity contribution < 1.29 is 67.6 Å². The third-order valence-corrected chi connectivity index (χ3v) is 15.2. The van der Waals surface area contributed by atoms with E-state index in [-0.39, 0.29) is 57.0 Å². The summed E-state index contributed by atoms with van der Waals surface area (Å²) in [7, 11) is 2.82. The first kappa shape index (κ1) is 63.6. The number of benzene rings is 1. The van der Waals surface area contributed by atoms with E-state index in [4.69, 9.17) is 9.47 Å². The van der Waals surface area contributed by atoms with Crippen molar-refractivity contribution in [3.8, 4) is 0 Å². The SMILES string of the molecule is CC[C@H](C)[C@H]1NC(=O)[C@H](NC(=O)[C@H](CC(C)C)N(C)C(=O)[C@@H]2CCCN2C(=O)[C@H](C)O)[C@@H](C)OC(=O)[C@H](Cc2ccccc2)N(C)C(=O)[C@@H]2CCCN2C(=O)[C@H](CC(C)C)NC(=O)[C@@H](C)C(=O)[C@H](C(C)C)OC(=O)C[C@@H]1O. The lowest BCUT2D eigenvalue weighted by molar-refractivity contribution is -0.163. The van der Waals surface area contributed by atoms with Crippen LogP contribution in [0.3, 0.4) is 0 Å². The summed E-state index contributed by atoms with van der Waals surface area (Å²) in [5.41, 5.74) is 0.633. The molecule has 430 valence electrons. The normalized spacial score (nSPS) is 28.1. The molecule has 0 spiro atoms. The van der Waals surface area contributed by atoms with Gasteiger partial charge in [0.05, 0.1) is 24.5 Å². The number of amides is 7. The Morgan fingerprint density at radius 3 is 2.06 bits per heavy atom. The minimum Gasteiger partial charge on any atom is -0.458 e. The summed E-state index contributed by atoms with van der Waals surface area (Å²) in [4.78, 5) is 148. The molecule has 7 amide bonds. The first-order valence-corrected chi connectivity index (χ1v) is 27.5. The molecular formula is C56H87N7O14. The van der Waals surface area contributed by atoms with Crippen molar-refractivity contribution in [1.82, 2.24) is 35.6 Å². The molecule has 77 heavy (non-hydrogen) atoms. The molecule has 0 radical (unpaired) electrons. The van der Waals surface area contributed by atoms with Crippen molar-refractivity contribution in [2.24, 2.45) is 29.6 Å². The Hall–Kier alpha value is -5.96. The van der Waals surface area contributed by atoms with Crippen molar-refractivity contribution in [1.29, 1.82) is 0 Å². The molecule has 3 saturated heterocycles. The third kappa shape index (κ3) is 16.5. The molecule has 3 aliphatic rings. The van der Waals surface area contributed by atoms with Gasteiger partial charge in [-0.1, -0.05) is 92.1 Å². The molecule has 1 aromatic carbocycles. The summed E-state index contributed by atoms with van der Waals surface area (Å²) in [6.45, 7) is 18.5. The van der Waals surface area contributed by atoms with Gasteiger partial charge in [-0.2, -0.15) is 0 Å². The Morgan fingerprint density at radius 2 is 1.48 bits per heavy atom. The number of likely N-dealkylation sites (N-methyl/N-ethyl adjacent to an activating group) is 2. The highest BCUT2D eigenvalue weighted by Gasteiger charge is 2.46. The number of aliphatic hydroxyl groups is 2. The lowest BCUT2D eigenvalue weighted by Gasteiger charge is -2.36. The van der Waals surface area contributed by atoms with Gasteiger partial charge in [-0.25, -0.2) is 4.79 Å². The van der Waals surface area contributed by atoms with Gasteiger partial charge in [-0.15, -0.1) is 0 Å². The van der Waals surface area contributed by atoms with E-state index < -0.39 is 150 Å². The number of esters is 2. The smallest absolute Gasteiger partial charge is 0.329 e. The molecule has 5 N–H and O–H groups in total. The van der Waals surface area contributed by atoms with Gasteiger partial charge < -0.3 is 55.2 Å². The second kappa shape index (κ2) is 28.6. The molecule has 0 aromatic heterocycles. The van der Waals surface area contributed by atoms with Crippen LogP contribution in [-0.2, 0) is 63.8 Å². The highest BCUT2D eigenvalue weighted by molar-refractivity contribution is 6.05. The van der Waals surface area contributed by atoms with Gasteiger partial charge in [0.1, 0.15) is 48.5 Å². The predicted octanol–water partition coefficient (Wildman–Crippen LogP) is 2.31. The number of hydrogen-bond donors (Lipinski definition) is 5. The molecule has 13 atom stereocenters. The van der Waals surface area contributed by atoms with Gasteiger partial charge >= 0.3 is 11.9 Å². The Labute approximate surface area is 454 Å². The zero-order valence-electron chi connectivity index (χ0n) is 47.5. The summed E-state index contributed by atoms with van der Waals surface area (Å²) < 4.78 is 11.9. The van der Waals surface area contributed by atoms with Crippen LogP contribution < -0.4 is 16.0 Å². The van der Waals surface area contributed by atoms with E-state index in [1.165, 1.54) is 54.5 Å². The van der Waals surface area contributed by atoms with Gasteiger partial charge in [0.15, 0.2) is 11.9 Å². The van der Waals surface area contributed by atoms with Crippen molar-refractivity contribution >= 4 is 59.1 Å². The number of nitrogens with one attached hydrogen (secondary N) is 3. The summed E-state index contributed by atoms with van der Waals surface area (Å²) in [5.74, 6) is -10.6. The van der Waals surface area contributed by atoms with Crippen molar-refractivity contribution in [2.45, 2.75) is 201 Å². The maximum absolute atomic E-state index is 15.0. The van der Waals surface area contributed by atoms with Gasteiger partial charge in [0, 0.05) is 33.6 Å². The van der Waals surface area contributed by atoms with E-state index in [0.29, 0.717) is 24.8 Å². The number of ether oxygens (including phenoxy) is 2. The summed E-state index contributed by atoms with van der Waals surface area (Å²) >= 11 is 0. The minimum absolute atomic E-state index is 0.0780. The molecule has 0 bridgehead atoms. The van der Waals surface area contributed by atoms with Crippen LogP contribution in [0.15, 0.2) is 30.3 Å². The number of nitrogens with zero attached hydrogens (tertiary/aromatic N) is 4. The van der Waals surface area contributed by atoms with Crippen molar-refractivity contribution in [2.75, 3.05) is 27.2 Å². The fourth-order valence-corrected chi connectivity index (χ4v) is 10.4. The molecule has 3 heterocycles. The van der Waals surface area contributed by atoms with Crippen LogP contribution in [0.4, 0.5) is 0 Å². The highest BCUT2D eigenvalue weighted by Crippen LogP contribution is 2.27. The van der Waals surface area contributed by atoms with Gasteiger partial charge in [0.25, 0.3) is 5.91 Å². The van der Waals surface area contributed by atoms with E-state index in [1.54, 1.807) is 58.0 Å². The lowest BCUT2D eigenvalue weighted by atomic mass is 9.91. The van der Waals surface area contributed by atoms with Gasteiger partial charge in [-0.05, 0) is 88.5 Å². The molecule has 21 heteroatoms. The van der Waals surface area contributed by atoms with E-state index >= 15 is 0 Å². The van der Waals surface area contributed by atoms with E-state index in [1.807, 2.05) is 27.7 Å². The highest BCUT2D eigenvalue weighted by atomic mass is 16.6. The quantitative estimate of drug-likeness (QED) is 0.132. The van der Waals surface area contributed by atoms with Gasteiger partial charge in [-0.3, -0.25) is 43.2 Å². The second-order valence-electron chi connectivity index (χ2n) is 22.6. The number of ketones is 1. The van der Waals surface area contributed by atoms with Crippen LogP contribution in [0.25, 0.3) is 0 Å². The standard InChI is InChI=1S/C56H87N7O14/c1-14-33(8)45-43(65)29-44(66)77-48(32(6)7)47(67)34(9)49(68)57-38(26-30(2)3)53(72)63-25-19-23-40(63)55(74)61(13)42(28-37-20-16-15-17-21-37)56(75)76-36(11)46(51(70)58-45)59-50(69)41(27-31(4)5)60(12)54(73)39-22-18-24-62(39)52(71)35(10)64/h15-17,20-21,30-36,38-43,45-46,48,64-65H,14,18-19,22-29H2,1-13H3,(H,57,68)(H,58,70)(H,59,69)/t33-,34-,35-,36+,38-,39-,40-,41-,42-,43-,45+,46+,48-/m0/s1. The number of fused-ring (bicyclic) bond motifs is 1. The third-order valence-electron chi connectivity index (χ3n) is 15.2. The number of rotatable bonds is 14. The van der Waals surface area contributed by atoms with Gasteiger partial charge in [0.2, 0.25) is 35.4 Å². The fraction of sp³-hybridized carbons (Fsp3) is 0.714. The van der Waals surface area contributed by atoms with E-state index in [0.717, 1.165) is 0 Å². The van der Waals surface area contributed by atoms with Crippen LogP contribution in [-0.4, -0.2) is 183 Å². The van der Waals surface area contributed by atoms with Crippen LogP contribution in [0.5, 0.6) is 0 Å². The van der Waals surface area contributed by atoms with Crippen LogP contribution in [0.1, 0.15) is 133 Å². The van der Waals surface area contributed by atoms with Crippen LogP contribution in [0, 0.1) is 29.6 Å². The van der Waals surface area contributed by atoms with Crippen LogP contribution in [0.2, 0.25) is 0 Å². The number of aliphatic hydroxyl groups excluding tert-OH is 2. The van der Waals surface area contributed by atoms with Crippen molar-refractivity contribution in [3.63, 3.8) is 0 Å². The molecule has 0 unspecified atom stereocenters. The monoisotopic (exact) mass is 1080 g/mol. The maximum atomic E-state index is 15.0. The van der Waals surface area contributed by atoms with E-state index in [2.05, 4.69) is 16.0 Å². The Bertz CT molecular complexity index is 2260. The minimum atomic E-state index is -1.74. The zero-order chi connectivity index (χ0) is 57.7. The molecule has 0 aliphatic carbocycles. The lowest BCUT2D eigenvalue weighted by Crippen LogP contribution is -2.62. The van der Waals surface area contributed by atoms with Crippen LogP contribution >= 0.6 is 0 Å². The number of cyclic esters (lactones) is 2. The van der Waals surface area contributed by atoms with E-state index in [9.17, 15) is 58.2 Å². The number of Topliss-reactive ketones (excluding diaryl/α,β-unsaturated/α-hetero) is 1. The fourth-order valence-electron chi connectivity index (χ4n) is 10.4. The first-order valence-electron chi connectivity index (χ1n) is 27.5. The molecule has 0 saturated carbocycles. The largest absolute Gasteiger partial charge is 0.458 e. The topological polar surface area (TPSA) is 279 Å². The summed E-state index contributed by atoms with van der Waals surface area (Å²) in [6.07, 6.45) is -4.82. The summed E-state index contributed by atoms with van der Waals surface area (Å²) in [6, 6.07) is 0.00586. The Kier molecular flexibility index (Phi) is 23.6. The number of hydrogen-bond acceptors (Lipinski definition) is 14. The number of likely N-dealkylation sites (tertiary alicyclic amines) is 1. The molecule has 21 nitrogen and oxygen atoms in total. The predicted molar refractivity (Wildman–Crippen MR) is 284 cm³/mol. The van der Waals surface area contributed by atoms with Crippen molar-refractivity contribution in [3.05, 3.63) is 35.9 Å². The summed E-state index contributed by atoms with van der Waals surface area (Å²) in [5, 5.41) is 30.2. The maximum Gasteiger partial charge on any atom is 0.329 e. The molecule has 4 rings (SSSR count). The second-order valence-corrected chi connectivity index (χ2v) is 22.6. The number of carbonyl (C=O) groups excluding carboxylic acids is 10. The number of carbonyl (C=O) groups is 10. The Morgan fingerprint density at radius 1 is 0.844 bits per heavy atom. The molecule has 1 aromatic rings. The first-order chi connectivity index (χ1) is 36.1. The Balaban J connectivity index is 1.87. The average Bonchev–Trinajstić information content (AvgIpc) is 4.08. The zero-order valence-corrected chi connectivity index (χ0v) is 47.5. The molecular weight excluding hydrogens is 995 g/mol. The average molecular weight is 1080 g/mol. The molecule has 3 fully saturated rings. The molecule has 3 aliphatic heterocycles.